The van der Waals surface area contributed by atoms with E-state index >= 15 is 0 Å². The van der Waals surface area contributed by atoms with E-state index < -0.39 is 0 Å². The summed E-state index contributed by atoms with van der Waals surface area (Å²) in [7, 11) is 0. The molecule has 2 nitrogen and oxygen atoms in total. The van der Waals surface area contributed by atoms with Gasteiger partial charge in [0.05, 0.1) is 0 Å². The van der Waals surface area contributed by atoms with Crippen molar-refractivity contribution in [2.75, 3.05) is 19.6 Å². The van der Waals surface area contributed by atoms with Crippen molar-refractivity contribution in [1.82, 2.24) is 10.2 Å². The van der Waals surface area contributed by atoms with Crippen LogP contribution in [0, 0.1) is 0 Å². The topological polar surface area (TPSA) is 15.3 Å². The van der Waals surface area contributed by atoms with E-state index in [4.69, 9.17) is 0 Å². The first-order valence-corrected chi connectivity index (χ1v) is 8.08. The number of piperidine rings is 1. The third-order valence-corrected chi connectivity index (χ3v) is 4.10. The molecule has 0 spiro atoms. The Morgan fingerprint density at radius 3 is 2.52 bits per heavy atom. The van der Waals surface area contributed by atoms with Gasteiger partial charge < -0.3 is 10.2 Å². The Kier molecular flexibility index (Phi) is 5.49. The molecule has 0 atom stereocenters. The largest absolute Gasteiger partial charge is 0.391 e. The lowest BCUT2D eigenvalue weighted by Gasteiger charge is -2.32. The number of nitrogens with zero attached hydrogens (tertiary/aromatic N) is 1. The fourth-order valence-corrected chi connectivity index (χ4v) is 2.89. The van der Waals surface area contributed by atoms with Crippen molar-refractivity contribution < 1.29 is 0 Å². The molecule has 1 N–H and O–H groups in total. The highest BCUT2D eigenvalue weighted by Gasteiger charge is 2.17. The predicted octanol–water partition coefficient (Wildman–Crippen LogP) is 4.31. The number of nitrogens with one attached hydrogen (secondary N) is 1. The molecule has 0 saturated carbocycles. The van der Waals surface area contributed by atoms with Crippen molar-refractivity contribution in [3.8, 4) is 0 Å². The van der Waals surface area contributed by atoms with E-state index in [1.807, 2.05) is 0 Å². The van der Waals surface area contributed by atoms with Gasteiger partial charge in [0.25, 0.3) is 0 Å². The van der Waals surface area contributed by atoms with Gasteiger partial charge in [-0.15, -0.1) is 0 Å². The molecular weight excluding hydrogens is 256 g/mol. The van der Waals surface area contributed by atoms with Gasteiger partial charge in [0.1, 0.15) is 0 Å². The second kappa shape index (κ2) is 7.35. The lowest BCUT2D eigenvalue weighted by Crippen LogP contribution is -2.30. The van der Waals surface area contributed by atoms with Crippen LogP contribution in [-0.4, -0.2) is 24.5 Å². The van der Waals surface area contributed by atoms with Crippen LogP contribution in [0.15, 0.2) is 59.0 Å². The van der Waals surface area contributed by atoms with E-state index in [0.29, 0.717) is 0 Å². The highest BCUT2D eigenvalue weighted by atomic mass is 15.1. The standard InChI is InChI=1S/C19H28N2/c1-5-20-14-18-12-15(2)11-16(3)17(4)13-19(18)21-9-7-6-8-10-21/h11-14,20H,4-10H2,1-3H3/b15-12+,16-11?,18-14-,19-13+. The molecule has 0 aromatic heterocycles. The zero-order valence-corrected chi connectivity index (χ0v) is 13.7. The van der Waals surface area contributed by atoms with E-state index in [2.05, 4.69) is 62.0 Å². The number of allylic oxidation sites excluding steroid dienone is 6. The molecule has 2 rings (SSSR count). The fraction of sp³-hybridized carbons (Fsp3) is 0.474. The normalized spacial score (nSPS) is 27.2. The smallest absolute Gasteiger partial charge is 0.0460 e. The van der Waals surface area contributed by atoms with Crippen molar-refractivity contribution in [3.05, 3.63) is 59.0 Å². The van der Waals surface area contributed by atoms with E-state index in [9.17, 15) is 0 Å². The van der Waals surface area contributed by atoms with Crippen molar-refractivity contribution >= 4 is 0 Å². The Morgan fingerprint density at radius 2 is 1.86 bits per heavy atom. The van der Waals surface area contributed by atoms with Crippen molar-refractivity contribution in [1.29, 1.82) is 0 Å². The van der Waals surface area contributed by atoms with Gasteiger partial charge in [-0.25, -0.2) is 0 Å². The lowest BCUT2D eigenvalue weighted by molar-refractivity contribution is 0.290. The molecule has 0 aromatic rings. The van der Waals surface area contributed by atoms with Crippen LogP contribution in [0.25, 0.3) is 0 Å². The summed E-state index contributed by atoms with van der Waals surface area (Å²) < 4.78 is 0. The summed E-state index contributed by atoms with van der Waals surface area (Å²) in [6.07, 6.45) is 12.8. The summed E-state index contributed by atoms with van der Waals surface area (Å²) in [4.78, 5) is 2.51. The van der Waals surface area contributed by atoms with Gasteiger partial charge in [0.15, 0.2) is 0 Å². The van der Waals surface area contributed by atoms with Crippen molar-refractivity contribution in [2.45, 2.75) is 40.0 Å². The molecule has 1 heterocycles. The molecule has 1 aliphatic heterocycles. The maximum Gasteiger partial charge on any atom is 0.0460 e. The first kappa shape index (κ1) is 15.7. The number of hydrogen-bond acceptors (Lipinski definition) is 2. The van der Waals surface area contributed by atoms with Crippen LogP contribution < -0.4 is 5.32 Å². The molecule has 1 aliphatic carbocycles. The molecule has 1 saturated heterocycles. The summed E-state index contributed by atoms with van der Waals surface area (Å²) in [5.74, 6) is 0. The molecule has 2 heteroatoms. The van der Waals surface area contributed by atoms with E-state index in [1.54, 1.807) is 0 Å². The minimum Gasteiger partial charge on any atom is -0.391 e. The summed E-state index contributed by atoms with van der Waals surface area (Å²) in [6.45, 7) is 13.9. The van der Waals surface area contributed by atoms with Crippen LogP contribution in [0.4, 0.5) is 0 Å². The quantitative estimate of drug-likeness (QED) is 0.830. The predicted molar refractivity (Wildman–Crippen MR) is 91.9 cm³/mol. The van der Waals surface area contributed by atoms with Gasteiger partial charge >= 0.3 is 0 Å². The molecule has 0 amide bonds. The van der Waals surface area contributed by atoms with Crippen LogP contribution in [0.3, 0.4) is 0 Å². The Labute approximate surface area is 129 Å². The molecular formula is C19H28N2. The van der Waals surface area contributed by atoms with E-state index in [-0.39, 0.29) is 0 Å². The molecule has 0 aromatic carbocycles. The lowest BCUT2D eigenvalue weighted by atomic mass is 9.96. The molecule has 0 unspecified atom stereocenters. The maximum atomic E-state index is 4.24. The molecule has 1 fully saturated rings. The summed E-state index contributed by atoms with van der Waals surface area (Å²) in [5, 5.41) is 3.36. The van der Waals surface area contributed by atoms with Crippen LogP contribution in [0.1, 0.15) is 40.0 Å². The highest BCUT2D eigenvalue weighted by molar-refractivity contribution is 5.52. The first-order valence-electron chi connectivity index (χ1n) is 8.08. The molecule has 2 aliphatic rings. The van der Waals surface area contributed by atoms with Gasteiger partial charge in [0, 0.05) is 37.1 Å². The second-order valence-corrected chi connectivity index (χ2v) is 5.98. The first-order chi connectivity index (χ1) is 10.1. The SMILES string of the molecule is C=C1\C=C(N2CCCCC2)/C(=C\NCC)/C=C(\C)C=C1C. The monoisotopic (exact) mass is 284 g/mol. The minimum atomic E-state index is 0.944. The highest BCUT2D eigenvalue weighted by Crippen LogP contribution is 2.27. The second-order valence-electron chi connectivity index (χ2n) is 5.98. The maximum absolute atomic E-state index is 4.24. The summed E-state index contributed by atoms with van der Waals surface area (Å²) >= 11 is 0. The van der Waals surface area contributed by atoms with Crippen LogP contribution in [0.5, 0.6) is 0 Å². The number of rotatable bonds is 3. The average Bonchev–Trinajstić information content (AvgIpc) is 2.48. The van der Waals surface area contributed by atoms with Gasteiger partial charge in [-0.05, 0) is 63.3 Å². The Balaban J connectivity index is 2.42. The van der Waals surface area contributed by atoms with E-state index in [0.717, 1.165) is 25.2 Å². The fourth-order valence-electron chi connectivity index (χ4n) is 2.89. The summed E-state index contributed by atoms with van der Waals surface area (Å²) in [5.41, 5.74) is 6.22. The Hall–Kier alpha value is -1.70. The number of hydrogen-bond donors (Lipinski definition) is 1. The van der Waals surface area contributed by atoms with Crippen molar-refractivity contribution in [2.24, 2.45) is 0 Å². The minimum absolute atomic E-state index is 0.944. The van der Waals surface area contributed by atoms with Crippen LogP contribution >= 0.6 is 0 Å². The average molecular weight is 284 g/mol. The van der Waals surface area contributed by atoms with Crippen molar-refractivity contribution in [3.63, 3.8) is 0 Å². The Morgan fingerprint density at radius 1 is 1.14 bits per heavy atom. The van der Waals surface area contributed by atoms with E-state index in [1.165, 1.54) is 41.7 Å². The van der Waals surface area contributed by atoms with Crippen LogP contribution in [-0.2, 0) is 0 Å². The molecule has 114 valence electrons. The van der Waals surface area contributed by atoms with Crippen LogP contribution in [0.2, 0.25) is 0 Å². The van der Waals surface area contributed by atoms with Gasteiger partial charge in [-0.1, -0.05) is 18.2 Å². The zero-order chi connectivity index (χ0) is 15.2. The van der Waals surface area contributed by atoms with Gasteiger partial charge in [0.2, 0.25) is 0 Å². The number of likely N-dealkylation sites (tertiary alicyclic amines) is 1. The Bertz CT molecular complexity index is 512. The third kappa shape index (κ3) is 4.13. The third-order valence-electron chi connectivity index (χ3n) is 4.10. The summed E-state index contributed by atoms with van der Waals surface area (Å²) in [6, 6.07) is 0. The van der Waals surface area contributed by atoms with Gasteiger partial charge in [-0.2, -0.15) is 0 Å². The molecule has 21 heavy (non-hydrogen) atoms. The molecule has 0 radical (unpaired) electrons. The van der Waals surface area contributed by atoms with Gasteiger partial charge in [-0.3, -0.25) is 0 Å². The zero-order valence-electron chi connectivity index (χ0n) is 13.7. The molecule has 0 bridgehead atoms.